The second-order valence-electron chi connectivity index (χ2n) is 9.41. The minimum Gasteiger partial charge on any atom is -0.481 e. The number of aliphatic carboxylic acids is 1. The maximum atomic E-state index is 13.4. The van der Waals surface area contributed by atoms with Crippen LogP contribution in [-0.4, -0.2) is 26.8 Å². The molecule has 1 amide bonds. The van der Waals surface area contributed by atoms with Crippen LogP contribution in [0.1, 0.15) is 44.7 Å². The quantitative estimate of drug-likeness (QED) is 0.456. The highest BCUT2D eigenvalue weighted by atomic mass is 16.4. The highest BCUT2D eigenvalue weighted by Crippen LogP contribution is 2.35. The van der Waals surface area contributed by atoms with Gasteiger partial charge in [-0.05, 0) is 43.9 Å². The van der Waals surface area contributed by atoms with Crippen LogP contribution in [0.3, 0.4) is 0 Å². The summed E-state index contributed by atoms with van der Waals surface area (Å²) in [6.45, 7) is 5.30. The fourth-order valence-electron chi connectivity index (χ4n) is 4.31. The number of rotatable bonds is 7. The number of carboxylic acids is 1. The normalized spacial score (nSPS) is 16.9. The van der Waals surface area contributed by atoms with Gasteiger partial charge in [-0.15, -0.1) is 0 Å². The minimum atomic E-state index is -1.02. The van der Waals surface area contributed by atoms with Crippen molar-refractivity contribution in [3.63, 3.8) is 0 Å². The molecule has 0 bridgehead atoms. The summed E-state index contributed by atoms with van der Waals surface area (Å²) in [5, 5.41) is 26.7. The smallest absolute Gasteiger partial charge is 0.313 e. The van der Waals surface area contributed by atoms with Gasteiger partial charge >= 0.3 is 5.97 Å². The molecule has 2 N–H and O–H groups in total. The fraction of sp³-hybridized carbons (Fsp3) is 0.241. The van der Waals surface area contributed by atoms with Crippen LogP contribution in [0.4, 0.5) is 5.82 Å². The molecule has 2 aromatic carbocycles. The van der Waals surface area contributed by atoms with E-state index in [0.717, 1.165) is 11.1 Å². The summed E-state index contributed by atoms with van der Waals surface area (Å²) in [6.07, 6.45) is 10.3. The lowest BCUT2D eigenvalue weighted by Crippen LogP contribution is -2.35. The number of hydrogen-bond acceptors (Lipinski definition) is 4. The average Bonchev–Trinajstić information content (AvgIpc) is 3.31. The molecule has 0 aliphatic heterocycles. The lowest BCUT2D eigenvalue weighted by atomic mass is 9.78. The van der Waals surface area contributed by atoms with Crippen molar-refractivity contribution < 1.29 is 14.7 Å². The Kier molecular flexibility index (Phi) is 6.63. The largest absolute Gasteiger partial charge is 0.481 e. The summed E-state index contributed by atoms with van der Waals surface area (Å²) in [7, 11) is 0. The number of allylic oxidation sites excluding steroid dienone is 3. The molecule has 0 spiro atoms. The summed E-state index contributed by atoms with van der Waals surface area (Å²) >= 11 is 0. The molecule has 0 saturated heterocycles. The van der Waals surface area contributed by atoms with Gasteiger partial charge in [0.15, 0.2) is 5.82 Å². The van der Waals surface area contributed by atoms with Crippen LogP contribution < -0.4 is 5.32 Å². The van der Waals surface area contributed by atoms with Crippen molar-refractivity contribution in [1.29, 1.82) is 5.26 Å². The summed E-state index contributed by atoms with van der Waals surface area (Å²) in [6, 6.07) is 17.0. The molecule has 0 saturated carbocycles. The first-order valence-electron chi connectivity index (χ1n) is 11.8. The van der Waals surface area contributed by atoms with Gasteiger partial charge in [0.1, 0.15) is 11.6 Å². The van der Waals surface area contributed by atoms with E-state index >= 15 is 0 Å². The summed E-state index contributed by atoms with van der Waals surface area (Å²) in [4.78, 5) is 25.1. The van der Waals surface area contributed by atoms with Gasteiger partial charge in [0.25, 0.3) is 0 Å². The predicted octanol–water partition coefficient (Wildman–Crippen LogP) is 5.62. The molecule has 1 aromatic heterocycles. The standard InChI is InChI=1S/C29H28N4O3/c1-4-29(16-8-5-9-17-29)26(34)32-25-21(18-30)19-31-33(25)24-11-7-6-10-23(24)20-12-14-22(15-13-20)28(2,3)27(35)36/h5-16,19H,4,17H2,1-3H3,(H,32,34)(H,35,36). The average molecular weight is 481 g/mol. The Morgan fingerprint density at radius 2 is 1.89 bits per heavy atom. The van der Waals surface area contributed by atoms with Gasteiger partial charge in [0.05, 0.1) is 22.7 Å². The van der Waals surface area contributed by atoms with E-state index < -0.39 is 16.8 Å². The Hall–Kier alpha value is -4.44. The molecule has 1 heterocycles. The number of nitrogens with zero attached hydrogens (tertiary/aromatic N) is 3. The van der Waals surface area contributed by atoms with E-state index in [1.165, 1.54) is 6.20 Å². The van der Waals surface area contributed by atoms with Crippen molar-refractivity contribution in [3.05, 3.63) is 90.2 Å². The van der Waals surface area contributed by atoms with E-state index in [-0.39, 0.29) is 11.5 Å². The number of amides is 1. The SMILES string of the molecule is CCC1(C(=O)Nc2c(C#N)cnn2-c2ccccc2-c2ccc(C(C)(C)C(=O)O)cc2)C=CC=CC1. The number of benzene rings is 2. The van der Waals surface area contributed by atoms with Crippen LogP contribution in [0.15, 0.2) is 79.0 Å². The molecule has 7 nitrogen and oxygen atoms in total. The van der Waals surface area contributed by atoms with E-state index in [9.17, 15) is 20.0 Å². The lowest BCUT2D eigenvalue weighted by Gasteiger charge is -2.28. The molecule has 3 aromatic rings. The third kappa shape index (κ3) is 4.34. The molecule has 4 rings (SSSR count). The van der Waals surface area contributed by atoms with E-state index in [1.807, 2.05) is 67.6 Å². The molecular formula is C29H28N4O3. The van der Waals surface area contributed by atoms with Crippen LogP contribution in [0.2, 0.25) is 0 Å². The van der Waals surface area contributed by atoms with E-state index in [0.29, 0.717) is 29.9 Å². The molecule has 0 radical (unpaired) electrons. The number of nitrogens with one attached hydrogen (secondary N) is 1. The monoisotopic (exact) mass is 480 g/mol. The number of aromatic nitrogens is 2. The number of anilines is 1. The van der Waals surface area contributed by atoms with Crippen molar-refractivity contribution >= 4 is 17.7 Å². The van der Waals surface area contributed by atoms with Gasteiger partial charge in [0, 0.05) is 5.56 Å². The van der Waals surface area contributed by atoms with Crippen molar-refractivity contribution in [2.75, 3.05) is 5.32 Å². The molecule has 7 heteroatoms. The van der Waals surface area contributed by atoms with Crippen molar-refractivity contribution in [2.24, 2.45) is 5.41 Å². The first-order valence-corrected chi connectivity index (χ1v) is 11.8. The number of carbonyl (C=O) groups excluding carboxylic acids is 1. The van der Waals surface area contributed by atoms with Crippen molar-refractivity contribution in [2.45, 2.75) is 39.0 Å². The van der Waals surface area contributed by atoms with E-state index in [4.69, 9.17) is 0 Å². The molecule has 1 aliphatic rings. The van der Waals surface area contributed by atoms with E-state index in [2.05, 4.69) is 16.5 Å². The Morgan fingerprint density at radius 1 is 1.17 bits per heavy atom. The molecular weight excluding hydrogens is 452 g/mol. The molecule has 1 aliphatic carbocycles. The van der Waals surface area contributed by atoms with Gasteiger partial charge in [0.2, 0.25) is 5.91 Å². The van der Waals surface area contributed by atoms with Gasteiger partial charge < -0.3 is 10.4 Å². The molecule has 36 heavy (non-hydrogen) atoms. The number of carbonyl (C=O) groups is 2. The summed E-state index contributed by atoms with van der Waals surface area (Å²) in [5.41, 5.74) is 1.61. The van der Waals surface area contributed by atoms with Crippen LogP contribution in [-0.2, 0) is 15.0 Å². The highest BCUT2D eigenvalue weighted by Gasteiger charge is 2.35. The van der Waals surface area contributed by atoms with Crippen LogP contribution in [0, 0.1) is 16.7 Å². The predicted molar refractivity (Wildman–Crippen MR) is 139 cm³/mol. The zero-order valence-corrected chi connectivity index (χ0v) is 20.5. The molecule has 182 valence electrons. The molecule has 1 atom stereocenters. The summed E-state index contributed by atoms with van der Waals surface area (Å²) < 4.78 is 1.58. The van der Waals surface area contributed by atoms with E-state index in [1.54, 1.807) is 30.7 Å². The second kappa shape index (κ2) is 9.67. The number of para-hydroxylation sites is 1. The number of hydrogen-bond donors (Lipinski definition) is 2. The third-order valence-electron chi connectivity index (χ3n) is 6.93. The Bertz CT molecular complexity index is 1410. The maximum absolute atomic E-state index is 13.4. The zero-order chi connectivity index (χ0) is 25.9. The Labute approximate surface area is 210 Å². The number of nitriles is 1. The topological polar surface area (TPSA) is 108 Å². The number of carboxylic acid groups (broad SMARTS) is 1. The fourth-order valence-corrected chi connectivity index (χ4v) is 4.31. The van der Waals surface area contributed by atoms with Crippen molar-refractivity contribution in [1.82, 2.24) is 9.78 Å². The second-order valence-corrected chi connectivity index (χ2v) is 9.41. The molecule has 1 unspecified atom stereocenters. The highest BCUT2D eigenvalue weighted by molar-refractivity contribution is 5.97. The Balaban J connectivity index is 1.75. The van der Waals surface area contributed by atoms with Crippen LogP contribution >= 0.6 is 0 Å². The lowest BCUT2D eigenvalue weighted by molar-refractivity contribution is -0.142. The van der Waals surface area contributed by atoms with Gasteiger partial charge in [-0.25, -0.2) is 4.68 Å². The van der Waals surface area contributed by atoms with Gasteiger partial charge in [-0.2, -0.15) is 10.4 Å². The third-order valence-corrected chi connectivity index (χ3v) is 6.93. The van der Waals surface area contributed by atoms with Crippen LogP contribution in [0.25, 0.3) is 16.8 Å². The zero-order valence-electron chi connectivity index (χ0n) is 20.5. The first kappa shape index (κ1) is 24.7. The molecule has 0 fully saturated rings. The van der Waals surface area contributed by atoms with Gasteiger partial charge in [-0.3, -0.25) is 9.59 Å². The minimum absolute atomic E-state index is 0.193. The van der Waals surface area contributed by atoms with Crippen LogP contribution in [0.5, 0.6) is 0 Å². The van der Waals surface area contributed by atoms with Crippen molar-refractivity contribution in [3.8, 4) is 22.9 Å². The van der Waals surface area contributed by atoms with Gasteiger partial charge in [-0.1, -0.05) is 73.7 Å². The first-order chi connectivity index (χ1) is 17.2. The Morgan fingerprint density at radius 3 is 2.50 bits per heavy atom. The maximum Gasteiger partial charge on any atom is 0.313 e. The summed E-state index contributed by atoms with van der Waals surface area (Å²) in [5.74, 6) is -0.777.